The van der Waals surface area contributed by atoms with Crippen LogP contribution in [0.25, 0.3) is 10.6 Å². The van der Waals surface area contributed by atoms with Gasteiger partial charge in [-0.3, -0.25) is 4.90 Å². The van der Waals surface area contributed by atoms with Crippen LogP contribution in [-0.4, -0.2) is 65.9 Å². The molecule has 1 aliphatic heterocycles. The first-order chi connectivity index (χ1) is 20.6. The Morgan fingerprint density at radius 1 is 1.05 bits per heavy atom. The van der Waals surface area contributed by atoms with Crippen LogP contribution in [0.1, 0.15) is 33.4 Å². The molecular weight excluding hydrogens is 608 g/mol. The molecular formula is C30H35ClN6O4S2. The number of hydrogen-bond donors (Lipinski definition) is 2. The predicted octanol–water partition coefficient (Wildman–Crippen LogP) is 6.54. The molecule has 0 radical (unpaired) electrons. The van der Waals surface area contributed by atoms with E-state index in [4.69, 9.17) is 26.1 Å². The molecule has 1 aliphatic rings. The second-order valence-electron chi connectivity index (χ2n) is 10.6. The number of ether oxygens (including phenoxy) is 2. The highest BCUT2D eigenvalue weighted by Gasteiger charge is 2.23. The molecule has 228 valence electrons. The first-order valence-electron chi connectivity index (χ1n) is 14.0. The third kappa shape index (κ3) is 7.63. The molecule has 13 heteroatoms. The number of thiazole rings is 1. The maximum absolute atomic E-state index is 12.9. The molecule has 0 unspecified atom stereocenters. The number of para-hydroxylation sites is 1. The molecule has 0 saturated carbocycles. The summed E-state index contributed by atoms with van der Waals surface area (Å²) < 4.78 is 37.5. The van der Waals surface area contributed by atoms with Gasteiger partial charge in [-0.2, -0.15) is 4.98 Å². The lowest BCUT2D eigenvalue weighted by molar-refractivity contribution is 0.0337. The van der Waals surface area contributed by atoms with Gasteiger partial charge in [-0.25, -0.2) is 18.4 Å². The Kier molecular flexibility index (Phi) is 9.82. The van der Waals surface area contributed by atoms with Crippen LogP contribution in [0.2, 0.25) is 5.02 Å². The monoisotopic (exact) mass is 642 g/mol. The highest BCUT2D eigenvalue weighted by Crippen LogP contribution is 2.36. The molecule has 0 atom stereocenters. The van der Waals surface area contributed by atoms with E-state index in [-0.39, 0.29) is 27.8 Å². The second kappa shape index (κ2) is 13.6. The van der Waals surface area contributed by atoms with Gasteiger partial charge < -0.3 is 20.1 Å². The average molecular weight is 643 g/mol. The van der Waals surface area contributed by atoms with Gasteiger partial charge in [0.2, 0.25) is 5.95 Å². The fourth-order valence-electron chi connectivity index (χ4n) is 4.45. The van der Waals surface area contributed by atoms with Crippen LogP contribution >= 0.6 is 22.9 Å². The minimum Gasteiger partial charge on any atom is -0.489 e. The number of nitrogens with one attached hydrogen (secondary N) is 2. The average Bonchev–Trinajstić information content (AvgIpc) is 3.44. The molecule has 0 amide bonds. The molecule has 10 nitrogen and oxygen atoms in total. The Hall–Kier alpha value is -3.29. The van der Waals surface area contributed by atoms with Gasteiger partial charge >= 0.3 is 0 Å². The van der Waals surface area contributed by atoms with E-state index in [1.54, 1.807) is 49.4 Å². The number of morpholine rings is 1. The Balaban J connectivity index is 1.38. The fourth-order valence-corrected chi connectivity index (χ4v) is 6.59. The van der Waals surface area contributed by atoms with Gasteiger partial charge in [-0.05, 0) is 58.0 Å². The smallest absolute Gasteiger partial charge is 0.229 e. The topological polar surface area (TPSA) is 119 Å². The Labute approximate surface area is 261 Å². The van der Waals surface area contributed by atoms with Crippen molar-refractivity contribution < 1.29 is 17.9 Å². The third-order valence-electron chi connectivity index (χ3n) is 6.69. The number of sulfone groups is 1. The number of benzene rings is 2. The Morgan fingerprint density at radius 2 is 1.81 bits per heavy atom. The molecule has 4 aromatic rings. The summed E-state index contributed by atoms with van der Waals surface area (Å²) in [6.07, 6.45) is 1.38. The van der Waals surface area contributed by atoms with Crippen LogP contribution < -0.4 is 15.4 Å². The second-order valence-corrected chi connectivity index (χ2v) is 14.4. The van der Waals surface area contributed by atoms with Crippen LogP contribution in [0, 0.1) is 0 Å². The Bertz CT molecular complexity index is 1670. The zero-order valence-electron chi connectivity index (χ0n) is 24.5. The van der Waals surface area contributed by atoms with Gasteiger partial charge in [0, 0.05) is 30.6 Å². The number of halogens is 1. The standard InChI is InChI=1S/C30H35ClN6O4S2/c1-19(2)41-26-15-21(29-33-22(18-42-29)17-37-11-13-40-14-12-37)9-10-24(26)35-30-32-16-23(31)28(36-30)34-25-7-5-6-8-27(25)43(38,39)20(3)4/h5-10,15-16,18-20H,11-14,17H2,1-4H3,(H2,32,34,35,36). The summed E-state index contributed by atoms with van der Waals surface area (Å²) in [6.45, 7) is 11.3. The van der Waals surface area contributed by atoms with Gasteiger partial charge in [0.25, 0.3) is 0 Å². The van der Waals surface area contributed by atoms with Crippen LogP contribution in [-0.2, 0) is 21.1 Å². The molecule has 2 aromatic carbocycles. The summed E-state index contributed by atoms with van der Waals surface area (Å²) in [4.78, 5) is 16.3. The van der Waals surface area contributed by atoms with E-state index in [0.29, 0.717) is 17.1 Å². The summed E-state index contributed by atoms with van der Waals surface area (Å²) in [5, 5.41) is 8.98. The van der Waals surface area contributed by atoms with Crippen molar-refractivity contribution >= 4 is 55.9 Å². The first-order valence-corrected chi connectivity index (χ1v) is 16.9. The van der Waals surface area contributed by atoms with E-state index in [0.717, 1.165) is 49.1 Å². The highest BCUT2D eigenvalue weighted by atomic mass is 35.5. The number of hydrogen-bond acceptors (Lipinski definition) is 11. The van der Waals surface area contributed by atoms with Gasteiger partial charge in [0.1, 0.15) is 15.8 Å². The van der Waals surface area contributed by atoms with Crippen LogP contribution in [0.4, 0.5) is 23.1 Å². The third-order valence-corrected chi connectivity index (χ3v) is 10.1. The summed E-state index contributed by atoms with van der Waals surface area (Å²) in [7, 11) is -3.54. The molecule has 5 rings (SSSR count). The Morgan fingerprint density at radius 3 is 2.56 bits per heavy atom. The molecule has 2 aromatic heterocycles. The van der Waals surface area contributed by atoms with Gasteiger partial charge in [-0.1, -0.05) is 23.7 Å². The van der Waals surface area contributed by atoms with Crippen molar-refractivity contribution in [2.24, 2.45) is 0 Å². The minimum absolute atomic E-state index is 0.0771. The SMILES string of the molecule is CC(C)Oc1cc(-c2nc(CN3CCOCC3)cs2)ccc1Nc1ncc(Cl)c(Nc2ccccc2S(=O)(=O)C(C)C)n1. The maximum Gasteiger partial charge on any atom is 0.229 e. The molecule has 0 aliphatic carbocycles. The first kappa shape index (κ1) is 31.1. The highest BCUT2D eigenvalue weighted by molar-refractivity contribution is 7.92. The summed E-state index contributed by atoms with van der Waals surface area (Å²) >= 11 is 8.03. The van der Waals surface area contributed by atoms with Crippen molar-refractivity contribution in [1.29, 1.82) is 0 Å². The molecule has 43 heavy (non-hydrogen) atoms. The van der Waals surface area contributed by atoms with E-state index in [9.17, 15) is 8.42 Å². The number of rotatable bonds is 11. The summed E-state index contributed by atoms with van der Waals surface area (Å²) in [5.41, 5.74) is 3.03. The minimum atomic E-state index is -3.54. The van der Waals surface area contributed by atoms with Crippen molar-refractivity contribution in [1.82, 2.24) is 19.9 Å². The lowest BCUT2D eigenvalue weighted by Gasteiger charge is -2.25. The van der Waals surface area contributed by atoms with E-state index in [1.165, 1.54) is 6.20 Å². The summed E-state index contributed by atoms with van der Waals surface area (Å²) in [6, 6.07) is 12.5. The molecule has 2 N–H and O–H groups in total. The molecule has 0 bridgehead atoms. The van der Waals surface area contributed by atoms with Crippen LogP contribution in [0.15, 0.2) is 58.9 Å². The number of aromatic nitrogens is 3. The molecule has 1 fully saturated rings. The fraction of sp³-hybridized carbons (Fsp3) is 0.367. The van der Waals surface area contributed by atoms with E-state index < -0.39 is 15.1 Å². The zero-order chi connectivity index (χ0) is 30.6. The van der Waals surface area contributed by atoms with E-state index in [1.807, 2.05) is 32.0 Å². The molecule has 0 spiro atoms. The van der Waals surface area contributed by atoms with Crippen molar-refractivity contribution in [3.05, 3.63) is 64.8 Å². The predicted molar refractivity (Wildman–Crippen MR) is 172 cm³/mol. The van der Waals surface area contributed by atoms with Gasteiger partial charge in [-0.15, -0.1) is 11.3 Å². The lowest BCUT2D eigenvalue weighted by atomic mass is 10.2. The number of anilines is 4. The quantitative estimate of drug-likeness (QED) is 0.187. The van der Waals surface area contributed by atoms with E-state index in [2.05, 4.69) is 30.9 Å². The normalized spacial score (nSPS) is 14.3. The number of nitrogens with zero attached hydrogens (tertiary/aromatic N) is 4. The van der Waals surface area contributed by atoms with Gasteiger partial charge in [0.05, 0.1) is 52.7 Å². The largest absolute Gasteiger partial charge is 0.489 e. The van der Waals surface area contributed by atoms with Crippen molar-refractivity contribution in [3.63, 3.8) is 0 Å². The molecule has 3 heterocycles. The van der Waals surface area contributed by atoms with Gasteiger partial charge in [0.15, 0.2) is 15.7 Å². The lowest BCUT2D eigenvalue weighted by Crippen LogP contribution is -2.35. The maximum atomic E-state index is 12.9. The summed E-state index contributed by atoms with van der Waals surface area (Å²) in [5.74, 6) is 1.16. The van der Waals surface area contributed by atoms with Crippen molar-refractivity contribution in [2.45, 2.75) is 50.5 Å². The van der Waals surface area contributed by atoms with Crippen molar-refractivity contribution in [3.8, 4) is 16.3 Å². The van der Waals surface area contributed by atoms with Crippen LogP contribution in [0.5, 0.6) is 5.75 Å². The molecule has 1 saturated heterocycles. The zero-order valence-corrected chi connectivity index (χ0v) is 26.9. The van der Waals surface area contributed by atoms with Crippen LogP contribution in [0.3, 0.4) is 0 Å². The van der Waals surface area contributed by atoms with E-state index >= 15 is 0 Å². The van der Waals surface area contributed by atoms with Crippen molar-refractivity contribution in [2.75, 3.05) is 36.9 Å².